The van der Waals surface area contributed by atoms with Crippen molar-refractivity contribution < 1.29 is 0 Å². The molecule has 2 nitrogen and oxygen atoms in total. The summed E-state index contributed by atoms with van der Waals surface area (Å²) in [5.41, 5.74) is 3.89. The highest BCUT2D eigenvalue weighted by Gasteiger charge is 2.16. The Balaban J connectivity index is 1.99. The molecule has 3 rings (SSSR count). The summed E-state index contributed by atoms with van der Waals surface area (Å²) in [4.78, 5) is 4.37. The summed E-state index contributed by atoms with van der Waals surface area (Å²) in [6.45, 7) is 0. The van der Waals surface area contributed by atoms with Crippen molar-refractivity contribution in [3.8, 4) is 0 Å². The Hall–Kier alpha value is -1.31. The van der Waals surface area contributed by atoms with Crippen LogP contribution < -0.4 is 0 Å². The first kappa shape index (κ1) is 9.88. The number of imidazole rings is 1. The van der Waals surface area contributed by atoms with Crippen molar-refractivity contribution in [3.05, 3.63) is 30.1 Å². The van der Waals surface area contributed by atoms with E-state index in [1.165, 1.54) is 43.2 Å². The highest BCUT2D eigenvalue weighted by Crippen LogP contribution is 2.33. The molecule has 0 bridgehead atoms. The molecule has 1 aliphatic rings. The third kappa shape index (κ3) is 1.62. The Kier molecular flexibility index (Phi) is 2.43. The fourth-order valence-corrected chi connectivity index (χ4v) is 2.83. The van der Waals surface area contributed by atoms with Crippen LogP contribution in [0.5, 0.6) is 0 Å². The van der Waals surface area contributed by atoms with E-state index in [0.29, 0.717) is 0 Å². The molecular formula is C14H18N2. The fraction of sp³-hybridized carbons (Fsp3) is 0.500. The minimum atomic E-state index is 0.785. The maximum Gasteiger partial charge on any atom is 0.0955 e. The minimum Gasteiger partial charge on any atom is -0.334 e. The van der Waals surface area contributed by atoms with Crippen LogP contribution in [-0.4, -0.2) is 9.55 Å². The average Bonchev–Trinajstić information content (AvgIpc) is 2.72. The SMILES string of the molecule is Cn1cnc2ccc(C3CCCCC3)cc21. The van der Waals surface area contributed by atoms with Crippen LogP contribution in [0.2, 0.25) is 0 Å². The van der Waals surface area contributed by atoms with Gasteiger partial charge in [0.1, 0.15) is 0 Å². The van der Waals surface area contributed by atoms with Crippen molar-refractivity contribution in [2.24, 2.45) is 7.05 Å². The van der Waals surface area contributed by atoms with E-state index in [1.54, 1.807) is 0 Å². The molecule has 1 aromatic heterocycles. The van der Waals surface area contributed by atoms with Crippen LogP contribution in [-0.2, 0) is 7.05 Å². The molecule has 0 amide bonds. The summed E-state index contributed by atoms with van der Waals surface area (Å²) in [5.74, 6) is 0.785. The van der Waals surface area contributed by atoms with Crippen LogP contribution in [0.15, 0.2) is 24.5 Å². The highest BCUT2D eigenvalue weighted by molar-refractivity contribution is 5.76. The van der Waals surface area contributed by atoms with Crippen LogP contribution in [0.25, 0.3) is 11.0 Å². The van der Waals surface area contributed by atoms with Crippen LogP contribution in [0.3, 0.4) is 0 Å². The smallest absolute Gasteiger partial charge is 0.0955 e. The zero-order valence-electron chi connectivity index (χ0n) is 9.82. The van der Waals surface area contributed by atoms with Gasteiger partial charge in [0, 0.05) is 7.05 Å². The zero-order valence-corrected chi connectivity index (χ0v) is 9.82. The second-order valence-electron chi connectivity index (χ2n) is 4.94. The number of aryl methyl sites for hydroxylation is 1. The van der Waals surface area contributed by atoms with Gasteiger partial charge in [0.25, 0.3) is 0 Å². The Morgan fingerprint density at radius 1 is 1.19 bits per heavy atom. The van der Waals surface area contributed by atoms with E-state index in [2.05, 4.69) is 34.8 Å². The quantitative estimate of drug-likeness (QED) is 0.709. The number of aromatic nitrogens is 2. The molecule has 1 fully saturated rings. The van der Waals surface area contributed by atoms with E-state index in [1.807, 2.05) is 6.33 Å². The van der Waals surface area contributed by atoms with Gasteiger partial charge < -0.3 is 4.57 Å². The topological polar surface area (TPSA) is 17.8 Å². The van der Waals surface area contributed by atoms with Gasteiger partial charge in [0.15, 0.2) is 0 Å². The van der Waals surface area contributed by atoms with Gasteiger partial charge in [-0.05, 0) is 36.5 Å². The van der Waals surface area contributed by atoms with Crippen LogP contribution in [0.4, 0.5) is 0 Å². The molecule has 16 heavy (non-hydrogen) atoms. The van der Waals surface area contributed by atoms with E-state index in [-0.39, 0.29) is 0 Å². The van der Waals surface area contributed by atoms with Crippen LogP contribution in [0.1, 0.15) is 43.6 Å². The summed E-state index contributed by atoms with van der Waals surface area (Å²) >= 11 is 0. The standard InChI is InChI=1S/C14H18N2/c1-16-10-15-13-8-7-12(9-14(13)16)11-5-3-2-4-6-11/h7-11H,2-6H2,1H3. The molecule has 0 N–H and O–H groups in total. The molecule has 1 aromatic carbocycles. The Morgan fingerprint density at radius 3 is 2.81 bits per heavy atom. The monoisotopic (exact) mass is 214 g/mol. The van der Waals surface area contributed by atoms with Gasteiger partial charge >= 0.3 is 0 Å². The lowest BCUT2D eigenvalue weighted by molar-refractivity contribution is 0.444. The molecule has 84 valence electrons. The van der Waals surface area contributed by atoms with Crippen molar-refractivity contribution in [3.63, 3.8) is 0 Å². The molecule has 1 saturated carbocycles. The molecule has 0 atom stereocenters. The Bertz CT molecular complexity index is 492. The van der Waals surface area contributed by atoms with E-state index in [9.17, 15) is 0 Å². The molecule has 0 aliphatic heterocycles. The first-order chi connectivity index (χ1) is 7.84. The zero-order chi connectivity index (χ0) is 11.0. The maximum absolute atomic E-state index is 4.37. The Morgan fingerprint density at radius 2 is 2.00 bits per heavy atom. The summed E-state index contributed by atoms with van der Waals surface area (Å²) in [6, 6.07) is 6.77. The number of benzene rings is 1. The lowest BCUT2D eigenvalue weighted by Gasteiger charge is -2.21. The molecule has 0 radical (unpaired) electrons. The van der Waals surface area contributed by atoms with Crippen molar-refractivity contribution in [2.45, 2.75) is 38.0 Å². The van der Waals surface area contributed by atoms with Gasteiger partial charge in [-0.2, -0.15) is 0 Å². The van der Waals surface area contributed by atoms with Crippen LogP contribution >= 0.6 is 0 Å². The summed E-state index contributed by atoms with van der Waals surface area (Å²) in [5, 5.41) is 0. The molecule has 0 unspecified atom stereocenters. The van der Waals surface area contributed by atoms with Gasteiger partial charge in [-0.1, -0.05) is 25.3 Å². The number of nitrogens with zero attached hydrogens (tertiary/aromatic N) is 2. The lowest BCUT2D eigenvalue weighted by atomic mass is 9.84. The average molecular weight is 214 g/mol. The number of hydrogen-bond donors (Lipinski definition) is 0. The largest absolute Gasteiger partial charge is 0.334 e. The van der Waals surface area contributed by atoms with Gasteiger partial charge in [0.05, 0.1) is 17.4 Å². The van der Waals surface area contributed by atoms with E-state index in [0.717, 1.165) is 11.4 Å². The predicted octanol–water partition coefficient (Wildman–Crippen LogP) is 3.62. The Labute approximate surface area is 96.3 Å². The molecular weight excluding hydrogens is 196 g/mol. The molecule has 2 heteroatoms. The highest BCUT2D eigenvalue weighted by atomic mass is 15.0. The van der Waals surface area contributed by atoms with Crippen molar-refractivity contribution in [2.75, 3.05) is 0 Å². The molecule has 1 aliphatic carbocycles. The van der Waals surface area contributed by atoms with E-state index >= 15 is 0 Å². The summed E-state index contributed by atoms with van der Waals surface area (Å²) in [7, 11) is 2.07. The fourth-order valence-electron chi connectivity index (χ4n) is 2.83. The number of rotatable bonds is 1. The van der Waals surface area contributed by atoms with Crippen molar-refractivity contribution >= 4 is 11.0 Å². The second-order valence-corrected chi connectivity index (χ2v) is 4.94. The van der Waals surface area contributed by atoms with Gasteiger partial charge in [-0.25, -0.2) is 4.98 Å². The number of hydrogen-bond acceptors (Lipinski definition) is 1. The normalized spacial score (nSPS) is 18.1. The minimum absolute atomic E-state index is 0.785. The molecule has 2 aromatic rings. The lowest BCUT2D eigenvalue weighted by Crippen LogP contribution is -2.04. The second kappa shape index (κ2) is 3.93. The van der Waals surface area contributed by atoms with Gasteiger partial charge in [0.2, 0.25) is 0 Å². The summed E-state index contributed by atoms with van der Waals surface area (Å²) < 4.78 is 2.11. The van der Waals surface area contributed by atoms with Crippen molar-refractivity contribution in [1.29, 1.82) is 0 Å². The molecule has 0 spiro atoms. The van der Waals surface area contributed by atoms with E-state index in [4.69, 9.17) is 0 Å². The first-order valence-electron chi connectivity index (χ1n) is 6.25. The van der Waals surface area contributed by atoms with E-state index < -0.39 is 0 Å². The maximum atomic E-state index is 4.37. The number of fused-ring (bicyclic) bond motifs is 1. The molecule has 0 saturated heterocycles. The third-order valence-electron chi connectivity index (χ3n) is 3.83. The first-order valence-corrected chi connectivity index (χ1v) is 6.25. The summed E-state index contributed by atoms with van der Waals surface area (Å²) in [6.07, 6.45) is 8.84. The third-order valence-corrected chi connectivity index (χ3v) is 3.83. The van der Waals surface area contributed by atoms with Gasteiger partial charge in [-0.15, -0.1) is 0 Å². The predicted molar refractivity (Wildman–Crippen MR) is 66.5 cm³/mol. The van der Waals surface area contributed by atoms with Crippen molar-refractivity contribution in [1.82, 2.24) is 9.55 Å². The molecule has 1 heterocycles. The van der Waals surface area contributed by atoms with Gasteiger partial charge in [-0.3, -0.25) is 0 Å². The van der Waals surface area contributed by atoms with Crippen LogP contribution in [0, 0.1) is 0 Å².